The predicted molar refractivity (Wildman–Crippen MR) is 121 cm³/mol. The molecule has 166 valence electrons. The molecule has 1 N–H and O–H groups in total. The fourth-order valence-corrected chi connectivity index (χ4v) is 5.41. The number of hydrogen-bond acceptors (Lipinski definition) is 4. The molecular formula is C26H29N3O3. The Balaban J connectivity index is 1.25. The molecule has 32 heavy (non-hydrogen) atoms. The third-order valence-corrected chi connectivity index (χ3v) is 7.38. The van der Waals surface area contributed by atoms with Crippen molar-refractivity contribution in [2.24, 2.45) is 0 Å². The largest absolute Gasteiger partial charge is 0.322 e. The summed E-state index contributed by atoms with van der Waals surface area (Å²) in [5, 5.41) is 2.37. The number of amides is 3. The Morgan fingerprint density at radius 1 is 0.969 bits per heavy atom. The lowest BCUT2D eigenvalue weighted by atomic mass is 9.87. The van der Waals surface area contributed by atoms with Crippen LogP contribution in [0, 0.1) is 0 Å². The molecule has 2 fully saturated rings. The standard InChI is InChI=1S/C26H29N3O3/c1-17(18-5-3-2-4-6-18)28-13-11-19(12-14-28)20-7-8-22-21(15-20)16-29(26(22)32)23-9-10-24(30)27-25(23)31/h2-8,15,17,19,23H,9-14,16H2,1H3,(H,27,30,31)/t17-,23?/m0/s1. The smallest absolute Gasteiger partial charge is 0.255 e. The van der Waals surface area contributed by atoms with Gasteiger partial charge in [-0.2, -0.15) is 0 Å². The van der Waals surface area contributed by atoms with Crippen LogP contribution >= 0.6 is 0 Å². The highest BCUT2D eigenvalue weighted by Crippen LogP contribution is 2.35. The number of nitrogens with one attached hydrogen (secondary N) is 1. The molecule has 6 nitrogen and oxygen atoms in total. The van der Waals surface area contributed by atoms with E-state index in [1.807, 2.05) is 6.07 Å². The maximum absolute atomic E-state index is 12.9. The Morgan fingerprint density at radius 3 is 2.44 bits per heavy atom. The summed E-state index contributed by atoms with van der Waals surface area (Å²) in [6.45, 7) is 4.83. The number of nitrogens with zero attached hydrogens (tertiary/aromatic N) is 2. The fourth-order valence-electron chi connectivity index (χ4n) is 5.41. The third-order valence-electron chi connectivity index (χ3n) is 7.38. The van der Waals surface area contributed by atoms with E-state index in [0.717, 1.165) is 31.5 Å². The normalized spacial score (nSPS) is 23.2. The second-order valence-corrected chi connectivity index (χ2v) is 9.21. The molecule has 2 aromatic rings. The molecule has 2 aromatic carbocycles. The predicted octanol–water partition coefficient (Wildman–Crippen LogP) is 3.39. The van der Waals surface area contributed by atoms with Gasteiger partial charge in [0.05, 0.1) is 0 Å². The summed E-state index contributed by atoms with van der Waals surface area (Å²) in [6, 6.07) is 16.7. The first-order valence-electron chi connectivity index (χ1n) is 11.6. The zero-order chi connectivity index (χ0) is 22.2. The average Bonchev–Trinajstić information content (AvgIpc) is 3.15. The maximum atomic E-state index is 12.9. The molecule has 3 heterocycles. The molecule has 6 heteroatoms. The number of likely N-dealkylation sites (tertiary alicyclic amines) is 1. The molecule has 0 bridgehead atoms. The van der Waals surface area contributed by atoms with Crippen molar-refractivity contribution < 1.29 is 14.4 Å². The minimum Gasteiger partial charge on any atom is -0.322 e. The number of fused-ring (bicyclic) bond motifs is 1. The van der Waals surface area contributed by atoms with Gasteiger partial charge in [-0.05, 0) is 68.0 Å². The molecule has 0 saturated carbocycles. The van der Waals surface area contributed by atoms with Crippen molar-refractivity contribution in [2.45, 2.75) is 57.2 Å². The minimum atomic E-state index is -0.557. The van der Waals surface area contributed by atoms with Gasteiger partial charge in [0.25, 0.3) is 5.91 Å². The third kappa shape index (κ3) is 3.84. The van der Waals surface area contributed by atoms with E-state index in [1.165, 1.54) is 11.1 Å². The Morgan fingerprint density at radius 2 is 1.72 bits per heavy atom. The summed E-state index contributed by atoms with van der Waals surface area (Å²) in [6.07, 6.45) is 2.87. The van der Waals surface area contributed by atoms with Gasteiger partial charge in [-0.15, -0.1) is 0 Å². The van der Waals surface area contributed by atoms with E-state index in [2.05, 4.69) is 59.6 Å². The van der Waals surface area contributed by atoms with Crippen LogP contribution < -0.4 is 5.32 Å². The molecule has 3 amide bonds. The van der Waals surface area contributed by atoms with E-state index in [0.29, 0.717) is 30.5 Å². The first-order chi connectivity index (χ1) is 15.5. The van der Waals surface area contributed by atoms with Crippen LogP contribution in [0.3, 0.4) is 0 Å². The Kier molecular flexibility index (Phi) is 5.55. The van der Waals surface area contributed by atoms with Crippen molar-refractivity contribution >= 4 is 17.7 Å². The highest BCUT2D eigenvalue weighted by molar-refractivity contribution is 6.05. The molecule has 5 rings (SSSR count). The second-order valence-electron chi connectivity index (χ2n) is 9.21. The summed E-state index contributed by atoms with van der Waals surface area (Å²) in [7, 11) is 0. The van der Waals surface area contributed by atoms with Gasteiger partial charge in [0, 0.05) is 24.6 Å². The van der Waals surface area contributed by atoms with Crippen molar-refractivity contribution in [2.75, 3.05) is 13.1 Å². The summed E-state index contributed by atoms with van der Waals surface area (Å²) in [4.78, 5) is 40.8. The van der Waals surface area contributed by atoms with E-state index in [4.69, 9.17) is 0 Å². The molecule has 0 spiro atoms. The number of hydrogen-bond donors (Lipinski definition) is 1. The van der Waals surface area contributed by atoms with Crippen LogP contribution in [-0.4, -0.2) is 46.7 Å². The first-order valence-corrected chi connectivity index (χ1v) is 11.6. The zero-order valence-electron chi connectivity index (χ0n) is 18.4. The fraction of sp³-hybridized carbons (Fsp3) is 0.423. The van der Waals surface area contributed by atoms with Crippen LogP contribution in [0.15, 0.2) is 48.5 Å². The van der Waals surface area contributed by atoms with Crippen molar-refractivity contribution in [1.29, 1.82) is 0 Å². The number of benzene rings is 2. The molecular weight excluding hydrogens is 402 g/mol. The van der Waals surface area contributed by atoms with Gasteiger partial charge in [0.1, 0.15) is 6.04 Å². The molecule has 1 unspecified atom stereocenters. The van der Waals surface area contributed by atoms with Crippen LogP contribution in [0.5, 0.6) is 0 Å². The summed E-state index contributed by atoms with van der Waals surface area (Å²) < 4.78 is 0. The van der Waals surface area contributed by atoms with Gasteiger partial charge in [-0.1, -0.05) is 42.5 Å². The van der Waals surface area contributed by atoms with E-state index >= 15 is 0 Å². The number of piperidine rings is 2. The lowest BCUT2D eigenvalue weighted by molar-refractivity contribution is -0.136. The lowest BCUT2D eigenvalue weighted by Gasteiger charge is -2.36. The summed E-state index contributed by atoms with van der Waals surface area (Å²) in [5.74, 6) is -0.236. The Hall–Kier alpha value is -2.99. The van der Waals surface area contributed by atoms with E-state index < -0.39 is 6.04 Å². The van der Waals surface area contributed by atoms with Gasteiger partial charge in [0.2, 0.25) is 11.8 Å². The molecule has 3 aliphatic heterocycles. The van der Waals surface area contributed by atoms with E-state index in [-0.39, 0.29) is 24.1 Å². The van der Waals surface area contributed by atoms with Gasteiger partial charge in [-0.3, -0.25) is 24.6 Å². The minimum absolute atomic E-state index is 0.104. The molecule has 0 aliphatic carbocycles. The Labute approximate surface area is 188 Å². The van der Waals surface area contributed by atoms with Gasteiger partial charge >= 0.3 is 0 Å². The number of carbonyl (C=O) groups excluding carboxylic acids is 3. The second kappa shape index (κ2) is 8.51. The van der Waals surface area contributed by atoms with Crippen molar-refractivity contribution in [1.82, 2.24) is 15.1 Å². The van der Waals surface area contributed by atoms with Gasteiger partial charge in [-0.25, -0.2) is 0 Å². The van der Waals surface area contributed by atoms with Crippen molar-refractivity contribution in [3.05, 3.63) is 70.8 Å². The van der Waals surface area contributed by atoms with Crippen LogP contribution in [0.1, 0.15) is 71.6 Å². The molecule has 0 aromatic heterocycles. The topological polar surface area (TPSA) is 69.7 Å². The zero-order valence-corrected chi connectivity index (χ0v) is 18.4. The molecule has 0 radical (unpaired) electrons. The summed E-state index contributed by atoms with van der Waals surface area (Å²) in [5.41, 5.74) is 4.33. The van der Waals surface area contributed by atoms with E-state index in [1.54, 1.807) is 4.90 Å². The molecule has 2 saturated heterocycles. The van der Waals surface area contributed by atoms with Crippen LogP contribution in [0.25, 0.3) is 0 Å². The molecule has 2 atom stereocenters. The SMILES string of the molecule is C[C@@H](c1ccccc1)N1CCC(c2ccc3c(c2)CN(C2CCC(=O)NC2=O)C3=O)CC1. The van der Waals surface area contributed by atoms with Crippen LogP contribution in [0.4, 0.5) is 0 Å². The number of carbonyl (C=O) groups is 3. The quantitative estimate of drug-likeness (QED) is 0.754. The average molecular weight is 432 g/mol. The Bertz CT molecular complexity index is 1040. The summed E-state index contributed by atoms with van der Waals surface area (Å²) >= 11 is 0. The molecule has 3 aliphatic rings. The van der Waals surface area contributed by atoms with Crippen molar-refractivity contribution in [3.63, 3.8) is 0 Å². The number of imide groups is 1. The highest BCUT2D eigenvalue weighted by atomic mass is 16.2. The number of rotatable bonds is 4. The van der Waals surface area contributed by atoms with Gasteiger partial charge < -0.3 is 4.90 Å². The maximum Gasteiger partial charge on any atom is 0.255 e. The van der Waals surface area contributed by atoms with Crippen LogP contribution in [-0.2, 0) is 16.1 Å². The van der Waals surface area contributed by atoms with E-state index in [9.17, 15) is 14.4 Å². The first kappa shape index (κ1) is 20.9. The highest BCUT2D eigenvalue weighted by Gasteiger charge is 2.39. The van der Waals surface area contributed by atoms with Crippen LogP contribution in [0.2, 0.25) is 0 Å². The van der Waals surface area contributed by atoms with Gasteiger partial charge in [0.15, 0.2) is 0 Å². The van der Waals surface area contributed by atoms with Crippen molar-refractivity contribution in [3.8, 4) is 0 Å². The monoisotopic (exact) mass is 431 g/mol. The lowest BCUT2D eigenvalue weighted by Crippen LogP contribution is -2.52.